The van der Waals surface area contributed by atoms with Gasteiger partial charge in [-0.15, -0.1) is 0 Å². The summed E-state index contributed by atoms with van der Waals surface area (Å²) >= 11 is 5.97. The van der Waals surface area contributed by atoms with E-state index in [0.29, 0.717) is 10.7 Å². The average molecular weight is 268 g/mol. The fourth-order valence-electron chi connectivity index (χ4n) is 1.27. The van der Waals surface area contributed by atoms with E-state index >= 15 is 0 Å². The molecule has 1 aromatic carbocycles. The Morgan fingerprint density at radius 3 is 2.33 bits per heavy atom. The number of aliphatic carboxylic acids is 1. The second-order valence-electron chi connectivity index (χ2n) is 3.99. The maximum atomic E-state index is 11.8. The van der Waals surface area contributed by atoms with Crippen LogP contribution >= 0.6 is 11.6 Å². The summed E-state index contributed by atoms with van der Waals surface area (Å²) in [5.74, 6) is -1.58. The van der Waals surface area contributed by atoms with E-state index in [2.05, 4.69) is 5.32 Å². The van der Waals surface area contributed by atoms with Crippen LogP contribution in [0.3, 0.4) is 0 Å². The van der Waals surface area contributed by atoms with Crippen LogP contribution in [-0.4, -0.2) is 17.0 Å². The van der Waals surface area contributed by atoms with Gasteiger partial charge in [0.25, 0.3) is 5.91 Å². The molecule has 0 aromatic heterocycles. The lowest BCUT2D eigenvalue weighted by atomic mass is 10.1. The quantitative estimate of drug-likeness (QED) is 0.828. The number of carboxylic acid groups (broad SMARTS) is 1. The Morgan fingerprint density at radius 2 is 1.83 bits per heavy atom. The Morgan fingerprint density at radius 1 is 1.22 bits per heavy atom. The summed E-state index contributed by atoms with van der Waals surface area (Å²) in [5.41, 5.74) is 1.60. The lowest BCUT2D eigenvalue weighted by Gasteiger charge is -2.09. The van der Waals surface area contributed by atoms with Crippen LogP contribution in [0, 0.1) is 6.92 Å². The Bertz CT molecular complexity index is 535. The third kappa shape index (κ3) is 3.34. The van der Waals surface area contributed by atoms with Gasteiger partial charge in [0, 0.05) is 11.1 Å². The Hall–Kier alpha value is -1.81. The van der Waals surface area contributed by atoms with E-state index in [9.17, 15) is 9.59 Å². The van der Waals surface area contributed by atoms with E-state index in [-0.39, 0.29) is 11.1 Å². The van der Waals surface area contributed by atoms with Gasteiger partial charge in [0.2, 0.25) is 0 Å². The van der Waals surface area contributed by atoms with Gasteiger partial charge in [-0.2, -0.15) is 0 Å². The number of halogens is 1. The van der Waals surface area contributed by atoms with Crippen LogP contribution in [-0.2, 0) is 9.59 Å². The highest BCUT2D eigenvalue weighted by atomic mass is 35.5. The molecule has 0 spiro atoms. The second kappa shape index (κ2) is 5.69. The van der Waals surface area contributed by atoms with Gasteiger partial charge < -0.3 is 10.4 Å². The fraction of sp³-hybridized carbons (Fsp3) is 0.231. The first kappa shape index (κ1) is 14.3. The zero-order chi connectivity index (χ0) is 13.9. The number of carboxylic acids is 1. The van der Waals surface area contributed by atoms with Crippen molar-refractivity contribution in [2.45, 2.75) is 20.8 Å². The van der Waals surface area contributed by atoms with Crippen molar-refractivity contribution in [1.29, 1.82) is 0 Å². The van der Waals surface area contributed by atoms with Crippen LogP contribution in [0.25, 0.3) is 0 Å². The molecular weight excluding hydrogens is 254 g/mol. The topological polar surface area (TPSA) is 66.4 Å². The number of benzene rings is 1. The summed E-state index contributed by atoms with van der Waals surface area (Å²) in [5, 5.41) is 11.8. The molecule has 0 aliphatic carbocycles. The zero-order valence-electron chi connectivity index (χ0n) is 10.4. The molecule has 0 bridgehead atoms. The molecule has 0 aliphatic rings. The number of rotatable bonds is 3. The van der Waals surface area contributed by atoms with Crippen LogP contribution in [0.4, 0.5) is 5.69 Å². The van der Waals surface area contributed by atoms with Crippen LogP contribution in [0.5, 0.6) is 0 Å². The number of nitrogens with one attached hydrogen (secondary N) is 1. The molecule has 0 fully saturated rings. The molecular formula is C13H14ClNO3. The highest BCUT2D eigenvalue weighted by Crippen LogP contribution is 2.23. The van der Waals surface area contributed by atoms with Crippen molar-refractivity contribution in [2.75, 3.05) is 5.32 Å². The van der Waals surface area contributed by atoms with Gasteiger partial charge in [0.05, 0.1) is 10.7 Å². The first-order valence-corrected chi connectivity index (χ1v) is 5.69. The Kier molecular flexibility index (Phi) is 4.50. The number of amides is 1. The van der Waals surface area contributed by atoms with Crippen LogP contribution in [0.2, 0.25) is 5.02 Å². The van der Waals surface area contributed by atoms with E-state index in [1.54, 1.807) is 12.1 Å². The van der Waals surface area contributed by atoms with Crippen molar-refractivity contribution < 1.29 is 14.7 Å². The normalized spacial score (nSPS) is 11.8. The van der Waals surface area contributed by atoms with Crippen LogP contribution < -0.4 is 5.32 Å². The molecule has 4 nitrogen and oxygen atoms in total. The number of carbonyl (C=O) groups is 2. The molecule has 1 aromatic rings. The van der Waals surface area contributed by atoms with Crippen LogP contribution in [0.15, 0.2) is 29.3 Å². The fourth-order valence-corrected chi connectivity index (χ4v) is 1.55. The number of aryl methyl sites for hydroxylation is 1. The molecule has 5 heteroatoms. The van der Waals surface area contributed by atoms with Crippen molar-refractivity contribution in [3.05, 3.63) is 39.9 Å². The molecule has 0 heterocycles. The average Bonchev–Trinajstić information content (AvgIpc) is 2.30. The molecule has 0 aliphatic heterocycles. The lowest BCUT2D eigenvalue weighted by molar-refractivity contribution is -0.133. The van der Waals surface area contributed by atoms with Crippen molar-refractivity contribution in [3.8, 4) is 0 Å². The largest absolute Gasteiger partial charge is 0.478 e. The van der Waals surface area contributed by atoms with Crippen molar-refractivity contribution >= 4 is 29.2 Å². The van der Waals surface area contributed by atoms with Gasteiger partial charge in [-0.1, -0.05) is 17.7 Å². The molecule has 96 valence electrons. The number of anilines is 1. The maximum absolute atomic E-state index is 11.8. The molecule has 0 saturated carbocycles. The van der Waals surface area contributed by atoms with Crippen molar-refractivity contribution in [2.24, 2.45) is 0 Å². The molecule has 1 rings (SSSR count). The molecule has 0 radical (unpaired) electrons. The number of hydrogen-bond acceptors (Lipinski definition) is 2. The molecule has 0 unspecified atom stereocenters. The van der Waals surface area contributed by atoms with Gasteiger partial charge >= 0.3 is 5.97 Å². The first-order valence-electron chi connectivity index (χ1n) is 5.31. The monoisotopic (exact) mass is 267 g/mol. The maximum Gasteiger partial charge on any atom is 0.331 e. The third-order valence-electron chi connectivity index (χ3n) is 2.60. The SMILES string of the molecule is CC(C(=O)O)=C(C)C(=O)Nc1ccc(C)cc1Cl. The lowest BCUT2D eigenvalue weighted by Crippen LogP contribution is -2.16. The number of carbonyl (C=O) groups excluding carboxylic acids is 1. The summed E-state index contributed by atoms with van der Waals surface area (Å²) in [7, 11) is 0. The summed E-state index contributed by atoms with van der Waals surface area (Å²) in [6.07, 6.45) is 0. The highest BCUT2D eigenvalue weighted by Gasteiger charge is 2.13. The minimum Gasteiger partial charge on any atom is -0.478 e. The Labute approximate surface area is 110 Å². The minimum absolute atomic E-state index is 0.00994. The minimum atomic E-state index is -1.11. The molecule has 0 atom stereocenters. The summed E-state index contributed by atoms with van der Waals surface area (Å²) in [4.78, 5) is 22.5. The smallest absolute Gasteiger partial charge is 0.331 e. The van der Waals surface area contributed by atoms with E-state index in [0.717, 1.165) is 5.56 Å². The van der Waals surface area contributed by atoms with E-state index in [4.69, 9.17) is 16.7 Å². The zero-order valence-corrected chi connectivity index (χ0v) is 11.1. The third-order valence-corrected chi connectivity index (χ3v) is 2.91. The van der Waals surface area contributed by atoms with Gasteiger partial charge in [0.15, 0.2) is 0 Å². The predicted molar refractivity (Wildman–Crippen MR) is 70.8 cm³/mol. The number of hydrogen-bond donors (Lipinski definition) is 2. The van der Waals surface area contributed by atoms with Gasteiger partial charge in [0.1, 0.15) is 0 Å². The molecule has 1 amide bonds. The summed E-state index contributed by atoms with van der Waals surface area (Å²) in [6, 6.07) is 5.21. The summed E-state index contributed by atoms with van der Waals surface area (Å²) < 4.78 is 0. The van der Waals surface area contributed by atoms with E-state index in [1.165, 1.54) is 13.8 Å². The molecule has 0 saturated heterocycles. The predicted octanol–water partition coefficient (Wildman–Crippen LogP) is 3.01. The van der Waals surface area contributed by atoms with E-state index in [1.807, 2.05) is 13.0 Å². The van der Waals surface area contributed by atoms with Crippen molar-refractivity contribution in [1.82, 2.24) is 0 Å². The van der Waals surface area contributed by atoms with Gasteiger partial charge in [-0.3, -0.25) is 4.79 Å². The summed E-state index contributed by atoms with van der Waals surface area (Å²) in [6.45, 7) is 4.73. The van der Waals surface area contributed by atoms with Crippen LogP contribution in [0.1, 0.15) is 19.4 Å². The van der Waals surface area contributed by atoms with Crippen molar-refractivity contribution in [3.63, 3.8) is 0 Å². The molecule has 2 N–H and O–H groups in total. The highest BCUT2D eigenvalue weighted by molar-refractivity contribution is 6.34. The standard InChI is InChI=1S/C13H14ClNO3/c1-7-4-5-11(10(14)6-7)15-12(16)8(2)9(3)13(17)18/h4-6H,1-3H3,(H,15,16)(H,17,18). The van der Waals surface area contributed by atoms with E-state index < -0.39 is 11.9 Å². The van der Waals surface area contributed by atoms with Gasteiger partial charge in [-0.25, -0.2) is 4.79 Å². The second-order valence-corrected chi connectivity index (χ2v) is 4.40. The van der Waals surface area contributed by atoms with Gasteiger partial charge in [-0.05, 0) is 38.5 Å². The first-order chi connectivity index (χ1) is 8.32. The Balaban J connectivity index is 2.95. The molecule has 18 heavy (non-hydrogen) atoms.